The van der Waals surface area contributed by atoms with E-state index in [-0.39, 0.29) is 52.9 Å². The van der Waals surface area contributed by atoms with Crippen LogP contribution in [0.5, 0.6) is 0 Å². The van der Waals surface area contributed by atoms with E-state index in [1.165, 1.54) is 25.3 Å². The normalized spacial score (nSPS) is 23.3. The number of nitrogens with zero attached hydrogens (tertiary/aromatic N) is 2. The Kier molecular flexibility index (Phi) is 6.20. The summed E-state index contributed by atoms with van der Waals surface area (Å²) >= 11 is 0. The first-order chi connectivity index (χ1) is 12.2. The number of nitrogens with two attached hydrogens (primary N) is 1. The summed E-state index contributed by atoms with van der Waals surface area (Å²) in [6.07, 6.45) is 0.807. The number of ether oxygens (including phenoxy) is 1. The Morgan fingerprint density at radius 1 is 1.37 bits per heavy atom. The third kappa shape index (κ3) is 3.69. The molecule has 1 aromatic rings. The largest absolute Gasteiger partial charge is 0.383 e. The van der Waals surface area contributed by atoms with E-state index < -0.39 is 15.9 Å². The maximum atomic E-state index is 12.8. The van der Waals surface area contributed by atoms with Gasteiger partial charge in [0.1, 0.15) is 4.90 Å². The van der Waals surface area contributed by atoms with Gasteiger partial charge in [0.25, 0.3) is 21.8 Å². The van der Waals surface area contributed by atoms with E-state index in [9.17, 15) is 18.0 Å². The smallest absolute Gasteiger partial charge is 0.269 e. The minimum Gasteiger partial charge on any atom is -0.383 e. The van der Waals surface area contributed by atoms with E-state index in [0.717, 1.165) is 10.7 Å². The Morgan fingerprint density at radius 3 is 2.67 bits per heavy atom. The van der Waals surface area contributed by atoms with Crippen molar-refractivity contribution in [2.24, 2.45) is 11.1 Å². The highest BCUT2D eigenvalue weighted by molar-refractivity contribution is 7.90. The number of carbonyl (C=O) groups is 2. The number of hydrogen-bond acceptors (Lipinski definition) is 6. The van der Waals surface area contributed by atoms with Crippen LogP contribution in [0.2, 0.25) is 0 Å². The van der Waals surface area contributed by atoms with Crippen molar-refractivity contribution in [3.63, 3.8) is 0 Å². The first-order valence-corrected chi connectivity index (χ1v) is 9.87. The molecule has 1 saturated heterocycles. The molecule has 3 rings (SSSR count). The summed E-state index contributed by atoms with van der Waals surface area (Å²) in [4.78, 5) is 26.7. The third-order valence-electron chi connectivity index (χ3n) is 5.09. The summed E-state index contributed by atoms with van der Waals surface area (Å²) in [6.45, 7) is 3.67. The topological polar surface area (TPSA) is 110 Å². The Hall–Kier alpha value is -1.68. The Morgan fingerprint density at radius 2 is 2.07 bits per heavy atom. The van der Waals surface area contributed by atoms with Crippen molar-refractivity contribution in [3.05, 3.63) is 29.3 Å². The standard InChI is InChI=1S/C17H23N3O5S.ClH/c1-17(10-18)5-6-19(11-17)15(21)12-3-4-13-14(9-12)26(23,24)20(16(13)22)7-8-25-2;/h3-4,9H,5-8,10-11,18H2,1-2H3;1H. The SMILES string of the molecule is COCCN1C(=O)c2ccc(C(=O)N3CCC(C)(CN)C3)cc2S1(=O)=O.Cl. The molecule has 0 bridgehead atoms. The van der Waals surface area contributed by atoms with Crippen LogP contribution in [0.1, 0.15) is 34.1 Å². The van der Waals surface area contributed by atoms with Gasteiger partial charge in [-0.1, -0.05) is 6.92 Å². The van der Waals surface area contributed by atoms with Gasteiger partial charge in [-0.15, -0.1) is 12.4 Å². The van der Waals surface area contributed by atoms with Crippen molar-refractivity contribution < 1.29 is 22.7 Å². The molecule has 1 atom stereocenters. The zero-order chi connectivity index (χ0) is 19.1. The molecule has 10 heteroatoms. The lowest BCUT2D eigenvalue weighted by Gasteiger charge is -2.22. The zero-order valence-corrected chi connectivity index (χ0v) is 16.9. The van der Waals surface area contributed by atoms with Gasteiger partial charge in [-0.2, -0.15) is 0 Å². The molecule has 2 amide bonds. The fourth-order valence-corrected chi connectivity index (χ4v) is 4.93. The van der Waals surface area contributed by atoms with Gasteiger partial charge in [-0.05, 0) is 36.6 Å². The molecule has 27 heavy (non-hydrogen) atoms. The van der Waals surface area contributed by atoms with Gasteiger partial charge in [0.2, 0.25) is 0 Å². The number of methoxy groups -OCH3 is 1. The van der Waals surface area contributed by atoms with Gasteiger partial charge in [0.05, 0.1) is 18.7 Å². The van der Waals surface area contributed by atoms with Crippen LogP contribution in [0.15, 0.2) is 23.1 Å². The molecule has 2 N–H and O–H groups in total. The van der Waals surface area contributed by atoms with Crippen molar-refractivity contribution in [1.29, 1.82) is 0 Å². The van der Waals surface area contributed by atoms with E-state index >= 15 is 0 Å². The number of fused-ring (bicyclic) bond motifs is 1. The van der Waals surface area contributed by atoms with E-state index in [1.54, 1.807) is 4.90 Å². The predicted molar refractivity (Wildman–Crippen MR) is 101 cm³/mol. The van der Waals surface area contributed by atoms with Gasteiger partial charge in [0, 0.05) is 25.8 Å². The molecule has 2 aliphatic rings. The molecule has 1 fully saturated rings. The van der Waals surface area contributed by atoms with Gasteiger partial charge < -0.3 is 15.4 Å². The molecule has 0 aliphatic carbocycles. The average Bonchev–Trinajstić information content (AvgIpc) is 3.10. The third-order valence-corrected chi connectivity index (χ3v) is 6.91. The van der Waals surface area contributed by atoms with Gasteiger partial charge in [-0.25, -0.2) is 12.7 Å². The highest BCUT2D eigenvalue weighted by atomic mass is 35.5. The molecular weight excluding hydrogens is 394 g/mol. The second-order valence-electron chi connectivity index (χ2n) is 7.08. The number of likely N-dealkylation sites (tertiary alicyclic amines) is 1. The fourth-order valence-electron chi connectivity index (χ4n) is 3.35. The zero-order valence-electron chi connectivity index (χ0n) is 15.3. The van der Waals surface area contributed by atoms with Crippen molar-refractivity contribution in [1.82, 2.24) is 9.21 Å². The van der Waals surface area contributed by atoms with Gasteiger partial charge in [-0.3, -0.25) is 9.59 Å². The number of rotatable bonds is 5. The van der Waals surface area contributed by atoms with Crippen LogP contribution in [0.4, 0.5) is 0 Å². The second kappa shape index (κ2) is 7.75. The summed E-state index contributed by atoms with van der Waals surface area (Å²) in [7, 11) is -2.53. The van der Waals surface area contributed by atoms with Crippen molar-refractivity contribution in [2.45, 2.75) is 18.2 Å². The van der Waals surface area contributed by atoms with E-state index in [1.807, 2.05) is 6.92 Å². The van der Waals surface area contributed by atoms with Crippen LogP contribution in [-0.2, 0) is 14.8 Å². The molecule has 8 nitrogen and oxygen atoms in total. The minimum atomic E-state index is -3.96. The molecule has 2 heterocycles. The fraction of sp³-hybridized carbons (Fsp3) is 0.529. The van der Waals surface area contributed by atoms with Crippen LogP contribution < -0.4 is 5.73 Å². The lowest BCUT2D eigenvalue weighted by Crippen LogP contribution is -2.34. The summed E-state index contributed by atoms with van der Waals surface area (Å²) in [5.41, 5.74) is 6.01. The number of halogens is 1. The van der Waals surface area contributed by atoms with Crippen LogP contribution in [0, 0.1) is 5.41 Å². The highest BCUT2D eigenvalue weighted by Gasteiger charge is 2.42. The molecular formula is C17H24ClN3O5S. The maximum absolute atomic E-state index is 12.8. The van der Waals surface area contributed by atoms with Crippen LogP contribution in [-0.4, -0.2) is 69.3 Å². The predicted octanol–water partition coefficient (Wildman–Crippen LogP) is 0.710. The molecule has 0 saturated carbocycles. The first-order valence-electron chi connectivity index (χ1n) is 8.43. The number of amides is 2. The van der Waals surface area contributed by atoms with E-state index in [4.69, 9.17) is 10.5 Å². The maximum Gasteiger partial charge on any atom is 0.269 e. The van der Waals surface area contributed by atoms with Crippen LogP contribution in [0.3, 0.4) is 0 Å². The number of carbonyl (C=O) groups excluding carboxylic acids is 2. The van der Waals surface area contributed by atoms with Crippen LogP contribution in [0.25, 0.3) is 0 Å². The summed E-state index contributed by atoms with van der Waals surface area (Å²) in [5.74, 6) is -0.837. The number of hydrogen-bond donors (Lipinski definition) is 1. The summed E-state index contributed by atoms with van der Waals surface area (Å²) < 4.78 is 31.0. The quantitative estimate of drug-likeness (QED) is 0.755. The van der Waals surface area contributed by atoms with Crippen molar-refractivity contribution >= 4 is 34.2 Å². The Balaban J connectivity index is 0.00000261. The van der Waals surface area contributed by atoms with Crippen molar-refractivity contribution in [2.75, 3.05) is 39.9 Å². The van der Waals surface area contributed by atoms with Crippen molar-refractivity contribution in [3.8, 4) is 0 Å². The highest BCUT2D eigenvalue weighted by Crippen LogP contribution is 2.33. The van der Waals surface area contributed by atoms with Gasteiger partial charge in [0.15, 0.2) is 0 Å². The Labute approximate surface area is 165 Å². The molecule has 150 valence electrons. The van der Waals surface area contributed by atoms with Crippen LogP contribution >= 0.6 is 12.4 Å². The first kappa shape index (κ1) is 21.6. The number of benzene rings is 1. The lowest BCUT2D eigenvalue weighted by molar-refractivity contribution is 0.0775. The molecule has 0 spiro atoms. The van der Waals surface area contributed by atoms with E-state index in [2.05, 4.69) is 0 Å². The monoisotopic (exact) mass is 417 g/mol. The minimum absolute atomic E-state index is 0. The summed E-state index contributed by atoms with van der Waals surface area (Å²) in [5, 5.41) is 0. The lowest BCUT2D eigenvalue weighted by atomic mass is 9.90. The molecule has 1 unspecified atom stereocenters. The molecule has 0 radical (unpaired) electrons. The van der Waals surface area contributed by atoms with Gasteiger partial charge >= 0.3 is 0 Å². The van der Waals surface area contributed by atoms with E-state index in [0.29, 0.717) is 19.6 Å². The average molecular weight is 418 g/mol. The second-order valence-corrected chi connectivity index (χ2v) is 8.91. The molecule has 2 aliphatic heterocycles. The molecule has 0 aromatic heterocycles. The summed E-state index contributed by atoms with van der Waals surface area (Å²) in [6, 6.07) is 4.22. The Bertz CT molecular complexity index is 860. The number of sulfonamides is 1. The molecule has 1 aromatic carbocycles.